The summed E-state index contributed by atoms with van der Waals surface area (Å²) < 4.78 is 15.3. The van der Waals surface area contributed by atoms with Crippen LogP contribution in [-0.4, -0.2) is 32.8 Å². The molecule has 0 saturated heterocycles. The maximum Gasteiger partial charge on any atom is 0.337 e. The highest BCUT2D eigenvalue weighted by atomic mass is 16.5. The number of nitriles is 1. The topological polar surface area (TPSA) is 110 Å². The Labute approximate surface area is 139 Å². The van der Waals surface area contributed by atoms with Crippen LogP contribution in [0.15, 0.2) is 29.5 Å². The number of hydrogen-bond acceptors (Lipinski definition) is 6. The highest BCUT2D eigenvalue weighted by Gasteiger charge is 2.32. The molecule has 0 fully saturated rings. The minimum absolute atomic E-state index is 0.119. The van der Waals surface area contributed by atoms with E-state index in [2.05, 4.69) is 10.6 Å². The Morgan fingerprint density at radius 3 is 2.71 bits per heavy atom. The summed E-state index contributed by atoms with van der Waals surface area (Å²) in [4.78, 5) is 23.8. The molecule has 1 aliphatic rings. The van der Waals surface area contributed by atoms with Gasteiger partial charge >= 0.3 is 12.0 Å². The van der Waals surface area contributed by atoms with Crippen molar-refractivity contribution in [3.63, 3.8) is 0 Å². The number of carbonyl (C=O) groups excluding carboxylic acids is 2. The smallest absolute Gasteiger partial charge is 0.337 e. The Bertz CT molecular complexity index is 736. The van der Waals surface area contributed by atoms with Crippen LogP contribution in [0.5, 0.6) is 11.5 Å². The molecule has 2 rings (SSSR count). The number of benzene rings is 1. The molecule has 1 heterocycles. The second-order valence-electron chi connectivity index (χ2n) is 4.92. The number of allylic oxidation sites excluding steroid dienone is 1. The number of methoxy groups -OCH3 is 2. The van der Waals surface area contributed by atoms with Gasteiger partial charge in [0.15, 0.2) is 18.1 Å². The summed E-state index contributed by atoms with van der Waals surface area (Å²) in [6, 6.07) is 5.70. The van der Waals surface area contributed by atoms with Gasteiger partial charge in [0.2, 0.25) is 0 Å². The van der Waals surface area contributed by atoms with Gasteiger partial charge < -0.3 is 24.8 Å². The predicted octanol–water partition coefficient (Wildman–Crippen LogP) is 1.40. The number of amides is 2. The van der Waals surface area contributed by atoms with E-state index in [9.17, 15) is 9.59 Å². The molecule has 0 aromatic heterocycles. The van der Waals surface area contributed by atoms with Crippen molar-refractivity contribution >= 4 is 12.0 Å². The summed E-state index contributed by atoms with van der Waals surface area (Å²) >= 11 is 0. The number of nitrogens with zero attached hydrogens (tertiary/aromatic N) is 1. The number of nitrogens with one attached hydrogen (secondary N) is 2. The molecule has 126 valence electrons. The summed E-state index contributed by atoms with van der Waals surface area (Å²) in [7, 11) is 2.73. The van der Waals surface area contributed by atoms with E-state index in [0.717, 1.165) is 0 Å². The lowest BCUT2D eigenvalue weighted by molar-refractivity contribution is -0.136. The minimum Gasteiger partial charge on any atom is -0.493 e. The van der Waals surface area contributed by atoms with E-state index >= 15 is 0 Å². The Hall–Kier alpha value is -3.21. The first-order valence-corrected chi connectivity index (χ1v) is 7.06. The van der Waals surface area contributed by atoms with E-state index in [-0.39, 0.29) is 6.61 Å². The van der Waals surface area contributed by atoms with Gasteiger partial charge in [-0.15, -0.1) is 0 Å². The number of hydrogen-bond donors (Lipinski definition) is 2. The van der Waals surface area contributed by atoms with Crippen LogP contribution in [0.25, 0.3) is 0 Å². The Kier molecular flexibility index (Phi) is 5.27. The first-order chi connectivity index (χ1) is 11.5. The second-order valence-corrected chi connectivity index (χ2v) is 4.92. The molecule has 8 nitrogen and oxygen atoms in total. The molecular formula is C16H17N3O5. The molecule has 1 aliphatic heterocycles. The number of carbonyl (C=O) groups is 2. The molecule has 2 amide bonds. The van der Waals surface area contributed by atoms with Gasteiger partial charge in [-0.1, -0.05) is 6.07 Å². The summed E-state index contributed by atoms with van der Waals surface area (Å²) in [5, 5.41) is 13.8. The van der Waals surface area contributed by atoms with Crippen LogP contribution in [0.3, 0.4) is 0 Å². The van der Waals surface area contributed by atoms with Gasteiger partial charge in [-0.05, 0) is 24.6 Å². The van der Waals surface area contributed by atoms with Crippen molar-refractivity contribution in [2.45, 2.75) is 13.0 Å². The molecule has 0 spiro atoms. The van der Waals surface area contributed by atoms with Gasteiger partial charge in [0.1, 0.15) is 6.07 Å². The van der Waals surface area contributed by atoms with E-state index in [1.54, 1.807) is 25.1 Å². The number of ether oxygens (including phenoxy) is 3. The van der Waals surface area contributed by atoms with Gasteiger partial charge in [0.05, 0.1) is 25.8 Å². The zero-order chi connectivity index (χ0) is 17.7. The number of urea groups is 1. The van der Waals surface area contributed by atoms with Gasteiger partial charge in [-0.3, -0.25) is 0 Å². The SMILES string of the molecule is COC(=O)C1=C(C)NC(=O)NC1c1ccc(OCC#N)c(OC)c1. The molecule has 8 heteroatoms. The number of esters is 1. The average Bonchev–Trinajstić information content (AvgIpc) is 2.58. The normalized spacial score (nSPS) is 16.6. The highest BCUT2D eigenvalue weighted by molar-refractivity contribution is 5.94. The quantitative estimate of drug-likeness (QED) is 0.789. The van der Waals surface area contributed by atoms with E-state index in [0.29, 0.717) is 28.3 Å². The van der Waals surface area contributed by atoms with Crippen molar-refractivity contribution < 1.29 is 23.8 Å². The van der Waals surface area contributed by atoms with Crippen molar-refractivity contribution in [2.24, 2.45) is 0 Å². The fourth-order valence-electron chi connectivity index (χ4n) is 2.42. The molecule has 1 aromatic carbocycles. The molecule has 1 atom stereocenters. The Morgan fingerprint density at radius 2 is 2.08 bits per heavy atom. The summed E-state index contributed by atoms with van der Waals surface area (Å²) in [6.07, 6.45) is 0. The lowest BCUT2D eigenvalue weighted by Crippen LogP contribution is -2.45. The molecule has 24 heavy (non-hydrogen) atoms. The van der Waals surface area contributed by atoms with Crippen molar-refractivity contribution in [1.82, 2.24) is 10.6 Å². The average molecular weight is 331 g/mol. The van der Waals surface area contributed by atoms with Crippen molar-refractivity contribution in [1.29, 1.82) is 5.26 Å². The van der Waals surface area contributed by atoms with Crippen molar-refractivity contribution in [2.75, 3.05) is 20.8 Å². The van der Waals surface area contributed by atoms with Crippen LogP contribution in [0.2, 0.25) is 0 Å². The van der Waals surface area contributed by atoms with E-state index in [1.807, 2.05) is 6.07 Å². The molecular weight excluding hydrogens is 314 g/mol. The van der Waals surface area contributed by atoms with Gasteiger partial charge in [-0.2, -0.15) is 5.26 Å². The Morgan fingerprint density at radius 1 is 1.33 bits per heavy atom. The van der Waals surface area contributed by atoms with Gasteiger partial charge in [0.25, 0.3) is 0 Å². The highest BCUT2D eigenvalue weighted by Crippen LogP contribution is 2.34. The lowest BCUT2D eigenvalue weighted by atomic mass is 9.95. The first-order valence-electron chi connectivity index (χ1n) is 7.06. The second kappa shape index (κ2) is 7.37. The fraction of sp³-hybridized carbons (Fsp3) is 0.312. The van der Waals surface area contributed by atoms with E-state index in [1.165, 1.54) is 14.2 Å². The van der Waals surface area contributed by atoms with Crippen LogP contribution in [-0.2, 0) is 9.53 Å². The maximum absolute atomic E-state index is 12.1. The van der Waals surface area contributed by atoms with Crippen LogP contribution >= 0.6 is 0 Å². The van der Waals surface area contributed by atoms with Gasteiger partial charge in [-0.25, -0.2) is 9.59 Å². The zero-order valence-corrected chi connectivity index (χ0v) is 13.5. The molecule has 1 aromatic rings. The summed E-state index contributed by atoms with van der Waals surface area (Å²) in [5.74, 6) is 0.231. The minimum atomic E-state index is -0.690. The van der Waals surface area contributed by atoms with Crippen molar-refractivity contribution in [3.05, 3.63) is 35.0 Å². The molecule has 1 unspecified atom stereocenters. The number of rotatable bonds is 5. The van der Waals surface area contributed by atoms with Crippen LogP contribution in [0.1, 0.15) is 18.5 Å². The predicted molar refractivity (Wildman–Crippen MR) is 83.2 cm³/mol. The monoisotopic (exact) mass is 331 g/mol. The first kappa shape index (κ1) is 17.1. The van der Waals surface area contributed by atoms with Crippen LogP contribution in [0, 0.1) is 11.3 Å². The van der Waals surface area contributed by atoms with E-state index in [4.69, 9.17) is 19.5 Å². The third-order valence-electron chi connectivity index (χ3n) is 3.49. The lowest BCUT2D eigenvalue weighted by Gasteiger charge is -2.28. The molecule has 0 bridgehead atoms. The molecule has 2 N–H and O–H groups in total. The van der Waals surface area contributed by atoms with Crippen LogP contribution in [0.4, 0.5) is 4.79 Å². The summed E-state index contributed by atoms with van der Waals surface area (Å²) in [6.45, 7) is 1.51. The largest absolute Gasteiger partial charge is 0.493 e. The third-order valence-corrected chi connectivity index (χ3v) is 3.49. The Balaban J connectivity index is 2.45. The molecule has 0 aliphatic carbocycles. The summed E-state index contributed by atoms with van der Waals surface area (Å²) in [5.41, 5.74) is 1.33. The van der Waals surface area contributed by atoms with Crippen LogP contribution < -0.4 is 20.1 Å². The molecule has 0 radical (unpaired) electrons. The van der Waals surface area contributed by atoms with Gasteiger partial charge in [0, 0.05) is 5.70 Å². The fourth-order valence-corrected chi connectivity index (χ4v) is 2.42. The standard InChI is InChI=1S/C16H17N3O5/c1-9-13(15(20)23-3)14(19-16(21)18-9)10-4-5-11(24-7-6-17)12(8-10)22-2/h4-5,8,14H,7H2,1-3H3,(H2,18,19,21). The van der Waals surface area contributed by atoms with Crippen molar-refractivity contribution in [3.8, 4) is 17.6 Å². The zero-order valence-electron chi connectivity index (χ0n) is 13.5. The third kappa shape index (κ3) is 3.41. The van der Waals surface area contributed by atoms with E-state index < -0.39 is 18.0 Å². The molecule has 0 saturated carbocycles. The maximum atomic E-state index is 12.1.